The van der Waals surface area contributed by atoms with Gasteiger partial charge in [-0.15, -0.1) is 0 Å². The second-order valence-electron chi connectivity index (χ2n) is 5.90. The molecule has 0 atom stereocenters. The van der Waals surface area contributed by atoms with E-state index in [-0.39, 0.29) is 12.3 Å². The molecular weight excluding hydrogens is 396 g/mol. The van der Waals surface area contributed by atoms with Crippen molar-refractivity contribution < 1.29 is 23.1 Å². The summed E-state index contributed by atoms with van der Waals surface area (Å²) in [5.74, 6) is -1.03. The molecule has 30 heavy (non-hydrogen) atoms. The molecule has 8 nitrogen and oxygen atoms in total. The maximum Gasteiger partial charge on any atom is 0.387 e. The zero-order valence-electron chi connectivity index (χ0n) is 15.5. The third-order valence-corrected chi connectivity index (χ3v) is 3.81. The molecule has 0 fully saturated rings. The Labute approximate surface area is 170 Å². The number of hydrogen-bond donors (Lipinski definition) is 2. The summed E-state index contributed by atoms with van der Waals surface area (Å²) in [6.45, 7) is -3.23. The lowest BCUT2D eigenvalue weighted by Gasteiger charge is -2.08. The molecule has 154 valence electrons. The van der Waals surface area contributed by atoms with Gasteiger partial charge in [-0.05, 0) is 36.4 Å². The van der Waals surface area contributed by atoms with Gasteiger partial charge in [-0.2, -0.15) is 13.9 Å². The number of nitrogens with one attached hydrogen (secondary N) is 2. The number of rotatable bonds is 8. The summed E-state index contributed by atoms with van der Waals surface area (Å²) >= 11 is 0. The first-order valence-corrected chi connectivity index (χ1v) is 8.76. The Kier molecular flexibility index (Phi) is 6.83. The van der Waals surface area contributed by atoms with Crippen molar-refractivity contribution in [2.75, 3.05) is 11.9 Å². The van der Waals surface area contributed by atoms with Crippen molar-refractivity contribution in [3.05, 3.63) is 72.8 Å². The average molecular weight is 413 g/mol. The Bertz CT molecular complexity index is 1020. The van der Waals surface area contributed by atoms with Gasteiger partial charge in [-0.25, -0.2) is 9.67 Å². The molecule has 0 aliphatic carbocycles. The van der Waals surface area contributed by atoms with E-state index in [1.165, 1.54) is 30.6 Å². The Morgan fingerprint density at radius 1 is 1.13 bits per heavy atom. The zero-order valence-corrected chi connectivity index (χ0v) is 15.5. The molecule has 0 bridgehead atoms. The minimum absolute atomic E-state index is 0.0522. The van der Waals surface area contributed by atoms with Crippen LogP contribution in [0, 0.1) is 0 Å². The number of hydrogen-bond acceptors (Lipinski definition) is 5. The second-order valence-corrected chi connectivity index (χ2v) is 5.90. The molecule has 0 aliphatic rings. The summed E-state index contributed by atoms with van der Waals surface area (Å²) in [5.41, 5.74) is 1.64. The van der Waals surface area contributed by atoms with E-state index in [0.717, 1.165) is 11.8 Å². The summed E-state index contributed by atoms with van der Waals surface area (Å²) in [6.07, 6.45) is 5.42. The van der Waals surface area contributed by atoms with Crippen LogP contribution in [0.5, 0.6) is 5.75 Å². The highest BCUT2D eigenvalue weighted by molar-refractivity contribution is 5.98. The number of para-hydroxylation sites is 1. The predicted molar refractivity (Wildman–Crippen MR) is 105 cm³/mol. The van der Waals surface area contributed by atoms with Crippen molar-refractivity contribution in [1.29, 1.82) is 0 Å². The van der Waals surface area contributed by atoms with Gasteiger partial charge < -0.3 is 15.4 Å². The molecule has 1 aromatic heterocycles. The van der Waals surface area contributed by atoms with Gasteiger partial charge in [0.1, 0.15) is 18.4 Å². The topological polar surface area (TPSA) is 98.1 Å². The van der Waals surface area contributed by atoms with Crippen molar-refractivity contribution in [1.82, 2.24) is 20.1 Å². The number of aromatic nitrogens is 3. The minimum Gasteiger partial charge on any atom is -0.434 e. The quantitative estimate of drug-likeness (QED) is 0.554. The first kappa shape index (κ1) is 20.6. The first-order valence-electron chi connectivity index (χ1n) is 8.76. The smallest absolute Gasteiger partial charge is 0.387 e. The molecule has 3 rings (SSSR count). The van der Waals surface area contributed by atoms with Crippen molar-refractivity contribution >= 4 is 23.6 Å². The predicted octanol–water partition coefficient (Wildman–Crippen LogP) is 2.64. The molecule has 10 heteroatoms. The van der Waals surface area contributed by atoms with Crippen molar-refractivity contribution in [2.24, 2.45) is 0 Å². The van der Waals surface area contributed by atoms with Gasteiger partial charge in [-0.3, -0.25) is 9.59 Å². The number of carbonyl (C=O) groups excluding carboxylic acids is 2. The Morgan fingerprint density at radius 2 is 1.90 bits per heavy atom. The Balaban J connectivity index is 1.49. The van der Waals surface area contributed by atoms with Crippen molar-refractivity contribution in [2.45, 2.75) is 6.61 Å². The second kappa shape index (κ2) is 9.92. The summed E-state index contributed by atoms with van der Waals surface area (Å²) in [6, 6.07) is 12.9. The lowest BCUT2D eigenvalue weighted by atomic mass is 10.2. The molecule has 0 aliphatic heterocycles. The number of carbonyl (C=O) groups is 2. The molecule has 2 amide bonds. The van der Waals surface area contributed by atoms with E-state index in [4.69, 9.17) is 0 Å². The average Bonchev–Trinajstić information content (AvgIpc) is 3.27. The van der Waals surface area contributed by atoms with E-state index in [0.29, 0.717) is 11.3 Å². The number of ether oxygens (including phenoxy) is 1. The zero-order chi connectivity index (χ0) is 21.3. The first-order chi connectivity index (χ1) is 14.5. The van der Waals surface area contributed by atoms with Crippen LogP contribution in [0.25, 0.3) is 11.8 Å². The van der Waals surface area contributed by atoms with Crippen LogP contribution < -0.4 is 15.4 Å². The van der Waals surface area contributed by atoms with E-state index >= 15 is 0 Å². The van der Waals surface area contributed by atoms with Gasteiger partial charge in [0.25, 0.3) is 0 Å². The van der Waals surface area contributed by atoms with E-state index < -0.39 is 18.4 Å². The molecule has 3 aromatic rings. The van der Waals surface area contributed by atoms with Gasteiger partial charge in [0, 0.05) is 17.3 Å². The molecule has 0 spiro atoms. The number of alkyl halides is 2. The SMILES string of the molecule is O=C(C=Cc1ccccc1OC(F)F)NCC(=O)Nc1ccc(-n2cncn2)cc1. The van der Waals surface area contributed by atoms with Gasteiger partial charge in [-0.1, -0.05) is 18.2 Å². The van der Waals surface area contributed by atoms with Crippen LogP contribution in [0.2, 0.25) is 0 Å². The van der Waals surface area contributed by atoms with E-state index in [1.807, 2.05) is 0 Å². The van der Waals surface area contributed by atoms with Crippen LogP contribution in [0.4, 0.5) is 14.5 Å². The van der Waals surface area contributed by atoms with Crippen molar-refractivity contribution in [3.8, 4) is 11.4 Å². The van der Waals surface area contributed by atoms with Crippen LogP contribution >= 0.6 is 0 Å². The molecule has 0 radical (unpaired) electrons. The lowest BCUT2D eigenvalue weighted by Crippen LogP contribution is -2.31. The number of amides is 2. The van der Waals surface area contributed by atoms with Gasteiger partial charge in [0.15, 0.2) is 0 Å². The van der Waals surface area contributed by atoms with Crippen LogP contribution in [0.15, 0.2) is 67.3 Å². The van der Waals surface area contributed by atoms with E-state index in [1.54, 1.807) is 41.3 Å². The number of nitrogens with zero attached hydrogens (tertiary/aromatic N) is 3. The van der Waals surface area contributed by atoms with Crippen LogP contribution in [0.1, 0.15) is 5.56 Å². The standard InChI is InChI=1S/C20H17F2N5O3/c21-20(22)30-17-4-2-1-3-14(17)5-10-18(28)24-11-19(29)26-15-6-8-16(9-7-15)27-13-23-12-25-27/h1-10,12-13,20H,11H2,(H,24,28)(H,26,29). The molecular formula is C20H17F2N5O3. The molecule has 2 aromatic carbocycles. The normalized spacial score (nSPS) is 10.9. The lowest BCUT2D eigenvalue weighted by molar-refractivity contribution is -0.121. The van der Waals surface area contributed by atoms with Gasteiger partial charge in [0.2, 0.25) is 11.8 Å². The number of benzene rings is 2. The van der Waals surface area contributed by atoms with Gasteiger partial charge >= 0.3 is 6.61 Å². The summed E-state index contributed by atoms with van der Waals surface area (Å²) < 4.78 is 30.8. The maximum atomic E-state index is 12.4. The third-order valence-electron chi connectivity index (χ3n) is 3.81. The fourth-order valence-corrected chi connectivity index (χ4v) is 2.46. The number of anilines is 1. The summed E-state index contributed by atoms with van der Waals surface area (Å²) in [4.78, 5) is 27.8. The largest absolute Gasteiger partial charge is 0.434 e. The maximum absolute atomic E-state index is 12.4. The van der Waals surface area contributed by atoms with E-state index in [9.17, 15) is 18.4 Å². The molecule has 1 heterocycles. The number of halogens is 2. The van der Waals surface area contributed by atoms with Gasteiger partial charge in [0.05, 0.1) is 12.2 Å². The fraction of sp³-hybridized carbons (Fsp3) is 0.100. The highest BCUT2D eigenvalue weighted by atomic mass is 19.3. The van der Waals surface area contributed by atoms with Crippen molar-refractivity contribution in [3.63, 3.8) is 0 Å². The molecule has 2 N–H and O–H groups in total. The van der Waals surface area contributed by atoms with Crippen LogP contribution in [0.3, 0.4) is 0 Å². The minimum atomic E-state index is -2.97. The third kappa shape index (κ3) is 5.96. The molecule has 0 saturated carbocycles. The van der Waals surface area contributed by atoms with Crippen LogP contribution in [-0.2, 0) is 9.59 Å². The molecule has 0 saturated heterocycles. The monoisotopic (exact) mass is 413 g/mol. The van der Waals surface area contributed by atoms with E-state index in [2.05, 4.69) is 25.5 Å². The summed E-state index contributed by atoms with van der Waals surface area (Å²) in [7, 11) is 0. The van der Waals surface area contributed by atoms with Crippen LogP contribution in [-0.4, -0.2) is 39.7 Å². The molecule has 0 unspecified atom stereocenters. The summed E-state index contributed by atoms with van der Waals surface area (Å²) in [5, 5.41) is 9.07. The highest BCUT2D eigenvalue weighted by Gasteiger charge is 2.08. The Hall–Kier alpha value is -4.08. The highest BCUT2D eigenvalue weighted by Crippen LogP contribution is 2.21. The Morgan fingerprint density at radius 3 is 2.60 bits per heavy atom. The fourth-order valence-electron chi connectivity index (χ4n) is 2.46.